The molecule has 3 aliphatic rings. The van der Waals surface area contributed by atoms with Gasteiger partial charge in [0.05, 0.1) is 13.6 Å². The molecule has 1 aromatic carbocycles. The summed E-state index contributed by atoms with van der Waals surface area (Å²) in [6.45, 7) is 29.2. The molecule has 0 N–H and O–H groups in total. The Hall–Kier alpha value is -1.68. The molecule has 4 heteroatoms. The highest BCUT2D eigenvalue weighted by molar-refractivity contribution is 6.92. The zero-order valence-corrected chi connectivity index (χ0v) is 30.0. The first kappa shape index (κ1) is 30.8. The number of likely N-dealkylation sites (tertiary alicyclic amines) is 1. The van der Waals surface area contributed by atoms with Crippen molar-refractivity contribution in [2.24, 2.45) is 17.8 Å². The van der Waals surface area contributed by atoms with Crippen molar-refractivity contribution in [3.8, 4) is 11.5 Å². The van der Waals surface area contributed by atoms with Gasteiger partial charge in [-0.25, -0.2) is 4.98 Å². The molecule has 0 unspecified atom stereocenters. The van der Waals surface area contributed by atoms with Gasteiger partial charge in [0.1, 0.15) is 13.8 Å². The van der Waals surface area contributed by atoms with E-state index in [0.29, 0.717) is 0 Å². The quantitative estimate of drug-likeness (QED) is 0.264. The summed E-state index contributed by atoms with van der Waals surface area (Å²) in [5.74, 6) is 6.02. The third-order valence-corrected chi connectivity index (χ3v) is 22.2. The summed E-state index contributed by atoms with van der Waals surface area (Å²) < 4.78 is 0. The van der Waals surface area contributed by atoms with Crippen molar-refractivity contribution in [1.29, 1.82) is 0 Å². The first-order chi connectivity index (χ1) is 19.0. The van der Waals surface area contributed by atoms with Gasteiger partial charge in [-0.05, 0) is 82.8 Å². The van der Waals surface area contributed by atoms with E-state index in [2.05, 4.69) is 127 Å². The van der Waals surface area contributed by atoms with Crippen LogP contribution in [-0.2, 0) is 18.5 Å². The van der Waals surface area contributed by atoms with Crippen molar-refractivity contribution in [2.75, 3.05) is 6.54 Å². The summed E-state index contributed by atoms with van der Waals surface area (Å²) in [6, 6.07) is 13.9. The summed E-state index contributed by atoms with van der Waals surface area (Å²) in [5, 5.41) is 1.97. The fraction of sp³-hybridized carbons (Fsp3) is 0.649. The zero-order valence-electron chi connectivity index (χ0n) is 28.0. The Labute approximate surface area is 254 Å². The second kappa shape index (κ2) is 10.5. The van der Waals surface area contributed by atoms with E-state index >= 15 is 0 Å². The minimum absolute atomic E-state index is 0.0967. The van der Waals surface area contributed by atoms with Gasteiger partial charge in [-0.1, -0.05) is 117 Å². The van der Waals surface area contributed by atoms with Crippen molar-refractivity contribution in [1.82, 2.24) is 9.88 Å². The number of pyridine rings is 1. The van der Waals surface area contributed by atoms with Crippen LogP contribution in [0.5, 0.6) is 0 Å². The van der Waals surface area contributed by atoms with E-state index in [-0.39, 0.29) is 15.6 Å². The normalized spacial score (nSPS) is 27.0. The molecular formula is C37H56N2Si2. The molecule has 2 aliphatic carbocycles. The number of hydrogen-bond donors (Lipinski definition) is 0. The Morgan fingerprint density at radius 3 is 2.32 bits per heavy atom. The van der Waals surface area contributed by atoms with Crippen LogP contribution in [0.25, 0.3) is 0 Å². The smallest absolute Gasteiger partial charge is 0.138 e. The first-order valence-corrected chi connectivity index (χ1v) is 22.3. The molecule has 41 heavy (non-hydrogen) atoms. The van der Waals surface area contributed by atoms with Gasteiger partial charge in [-0.2, -0.15) is 0 Å². The Bertz CT molecular complexity index is 1340. The van der Waals surface area contributed by atoms with Crippen LogP contribution < -0.4 is 5.19 Å². The predicted octanol–water partition coefficient (Wildman–Crippen LogP) is 8.91. The number of fused-ring (bicyclic) bond motifs is 1. The van der Waals surface area contributed by atoms with Crippen LogP contribution >= 0.6 is 0 Å². The van der Waals surface area contributed by atoms with Crippen LogP contribution in [-0.4, -0.2) is 32.6 Å². The fourth-order valence-corrected chi connectivity index (χ4v) is 10.6. The van der Waals surface area contributed by atoms with Gasteiger partial charge in [0.15, 0.2) is 0 Å². The average Bonchev–Trinajstić information content (AvgIpc) is 2.86. The molecule has 1 saturated carbocycles. The molecule has 2 heterocycles. The first-order valence-electron chi connectivity index (χ1n) is 16.3. The zero-order chi connectivity index (χ0) is 30.0. The van der Waals surface area contributed by atoms with Crippen LogP contribution in [0, 0.1) is 29.2 Å². The molecule has 5 rings (SSSR count). The highest BCUT2D eigenvalue weighted by Crippen LogP contribution is 2.59. The molecule has 222 valence electrons. The number of nitrogens with zero attached hydrogens (tertiary/aromatic N) is 2. The summed E-state index contributed by atoms with van der Waals surface area (Å²) >= 11 is 0. The van der Waals surface area contributed by atoms with Gasteiger partial charge in [-0.3, -0.25) is 4.90 Å². The molecule has 0 spiro atoms. The van der Waals surface area contributed by atoms with E-state index in [1.165, 1.54) is 48.7 Å². The molecule has 2 nitrogen and oxygen atoms in total. The van der Waals surface area contributed by atoms with E-state index in [0.717, 1.165) is 36.4 Å². The number of aromatic nitrogens is 1. The maximum Gasteiger partial charge on any atom is 0.138 e. The van der Waals surface area contributed by atoms with E-state index in [1.54, 1.807) is 5.56 Å². The highest BCUT2D eigenvalue weighted by atomic mass is 28.3. The SMILES string of the molecule is C[C@@H]1C[C@H]2Cc3nc(C#C[Si](C)(C)C(C)(C)C)c([Si](C)(C)C(C)(C)C)cc3[C@@]3(C1)[C@@H]2CCCN3Cc1ccccc1. The molecule has 0 radical (unpaired) electrons. The molecule has 2 bridgehead atoms. The predicted molar refractivity (Wildman–Crippen MR) is 182 cm³/mol. The van der Waals surface area contributed by atoms with Crippen molar-refractivity contribution in [3.05, 3.63) is 58.9 Å². The second-order valence-corrected chi connectivity index (χ2v) is 27.3. The van der Waals surface area contributed by atoms with Gasteiger partial charge in [0.2, 0.25) is 0 Å². The Morgan fingerprint density at radius 1 is 1.00 bits per heavy atom. The molecule has 1 aliphatic heterocycles. The second-order valence-electron chi connectivity index (χ2n) is 17.0. The number of rotatable bonds is 3. The Morgan fingerprint density at radius 2 is 1.68 bits per heavy atom. The molecule has 1 saturated heterocycles. The van der Waals surface area contributed by atoms with Crippen LogP contribution in [0.2, 0.25) is 36.3 Å². The number of benzene rings is 1. The summed E-state index contributed by atoms with van der Waals surface area (Å²) in [4.78, 5) is 8.58. The van der Waals surface area contributed by atoms with Gasteiger partial charge < -0.3 is 0 Å². The molecule has 2 aromatic rings. The fourth-order valence-electron chi connectivity index (χ4n) is 7.82. The highest BCUT2D eigenvalue weighted by Gasteiger charge is 2.57. The number of hydrogen-bond acceptors (Lipinski definition) is 2. The van der Waals surface area contributed by atoms with Crippen LogP contribution in [0.1, 0.15) is 96.7 Å². The third kappa shape index (κ3) is 5.34. The molecular weight excluding hydrogens is 529 g/mol. The standard InChI is InChI=1S/C37H56N2Si2/c1-27-22-29-23-33-31(37(25-27)30(29)18-15-20-39(37)26-28-16-13-12-14-17-28)24-34(41(10,11)36(5,6)7)32(38-33)19-21-40(8,9)35(2,3)4/h12-14,16-17,24,27,29-30H,15,18,20,22-23,25-26H2,1-11H3/t27-,29+,30-,37-/m1/s1. The van der Waals surface area contributed by atoms with Crippen molar-refractivity contribution in [2.45, 2.75) is 129 Å². The van der Waals surface area contributed by atoms with E-state index in [9.17, 15) is 0 Å². The maximum absolute atomic E-state index is 5.67. The Kier molecular flexibility index (Phi) is 7.88. The maximum atomic E-state index is 5.67. The van der Waals surface area contributed by atoms with E-state index < -0.39 is 16.1 Å². The third-order valence-electron chi connectivity index (χ3n) is 12.2. The van der Waals surface area contributed by atoms with Crippen molar-refractivity contribution >= 4 is 21.3 Å². The van der Waals surface area contributed by atoms with Crippen LogP contribution in [0.4, 0.5) is 0 Å². The monoisotopic (exact) mass is 584 g/mol. The molecule has 0 amide bonds. The summed E-state index contributed by atoms with van der Waals surface area (Å²) in [6.07, 6.45) is 6.43. The average molecular weight is 585 g/mol. The molecule has 1 aromatic heterocycles. The van der Waals surface area contributed by atoms with E-state index in [4.69, 9.17) is 4.98 Å². The lowest BCUT2D eigenvalue weighted by molar-refractivity contribution is -0.0967. The topological polar surface area (TPSA) is 16.1 Å². The lowest BCUT2D eigenvalue weighted by Gasteiger charge is -2.62. The van der Waals surface area contributed by atoms with Gasteiger partial charge in [0, 0.05) is 12.2 Å². The van der Waals surface area contributed by atoms with Gasteiger partial charge in [-0.15, -0.1) is 5.54 Å². The lowest BCUT2D eigenvalue weighted by Crippen LogP contribution is -2.62. The van der Waals surface area contributed by atoms with Gasteiger partial charge >= 0.3 is 0 Å². The Balaban J connectivity index is 1.74. The molecule has 4 atom stereocenters. The minimum atomic E-state index is -1.91. The van der Waals surface area contributed by atoms with Crippen LogP contribution in [0.3, 0.4) is 0 Å². The van der Waals surface area contributed by atoms with Gasteiger partial charge in [0.25, 0.3) is 0 Å². The summed E-state index contributed by atoms with van der Waals surface area (Å²) in [5.41, 5.74) is 9.49. The van der Waals surface area contributed by atoms with Crippen molar-refractivity contribution < 1.29 is 0 Å². The number of piperidine rings is 1. The van der Waals surface area contributed by atoms with E-state index in [1.807, 2.05) is 0 Å². The molecule has 2 fully saturated rings. The largest absolute Gasteiger partial charge is 0.289 e. The minimum Gasteiger partial charge on any atom is -0.289 e. The summed E-state index contributed by atoms with van der Waals surface area (Å²) in [7, 11) is -3.67. The van der Waals surface area contributed by atoms with Crippen LogP contribution in [0.15, 0.2) is 36.4 Å². The lowest BCUT2D eigenvalue weighted by atomic mass is 9.53. The van der Waals surface area contributed by atoms with Crippen molar-refractivity contribution in [3.63, 3.8) is 0 Å².